The quantitative estimate of drug-likeness (QED) is 0.431. The molecule has 5 N–H and O–H groups in total. The molecule has 0 fully saturated rings. The Kier molecular flexibility index (Phi) is 5.53. The Morgan fingerprint density at radius 2 is 1.79 bits per heavy atom. The van der Waals surface area contributed by atoms with Crippen molar-refractivity contribution in [2.45, 2.75) is 19.9 Å². The number of nitrogens with one attached hydrogen (secondary N) is 3. The third-order valence-corrected chi connectivity index (χ3v) is 2.52. The topological polar surface area (TPSA) is 108 Å². The average Bonchev–Trinajstić information content (AvgIpc) is 2.42. The minimum absolute atomic E-state index is 0.0119. The molecule has 1 aromatic rings. The van der Waals surface area contributed by atoms with Gasteiger partial charge in [-0.25, -0.2) is 0 Å². The van der Waals surface area contributed by atoms with Crippen molar-refractivity contribution in [1.29, 1.82) is 5.41 Å². The number of hydrogen-bond acceptors (Lipinski definition) is 3. The van der Waals surface area contributed by atoms with E-state index in [0.717, 1.165) is 5.56 Å². The highest BCUT2D eigenvalue weighted by Crippen LogP contribution is 2.03. The van der Waals surface area contributed by atoms with Crippen molar-refractivity contribution in [1.82, 2.24) is 10.6 Å². The molecule has 1 aromatic carbocycles. The van der Waals surface area contributed by atoms with Gasteiger partial charge in [-0.15, -0.1) is 0 Å². The highest BCUT2D eigenvalue weighted by Gasteiger charge is 2.03. The Labute approximate surface area is 111 Å². The average molecular weight is 262 g/mol. The van der Waals surface area contributed by atoms with Crippen molar-refractivity contribution in [2.75, 3.05) is 6.54 Å². The van der Waals surface area contributed by atoms with E-state index < -0.39 is 0 Å². The molecule has 0 atom stereocenters. The summed E-state index contributed by atoms with van der Waals surface area (Å²) in [6.45, 7) is 2.08. The fourth-order valence-electron chi connectivity index (χ4n) is 1.37. The second-order valence-electron chi connectivity index (χ2n) is 4.02. The van der Waals surface area contributed by atoms with E-state index in [1.807, 2.05) is 0 Å². The highest BCUT2D eigenvalue weighted by molar-refractivity contribution is 5.94. The number of carbonyl (C=O) groups excluding carboxylic acids is 2. The van der Waals surface area contributed by atoms with Gasteiger partial charge in [0, 0.05) is 18.5 Å². The van der Waals surface area contributed by atoms with Gasteiger partial charge in [0.05, 0.1) is 6.54 Å². The lowest BCUT2D eigenvalue weighted by atomic mass is 10.1. The van der Waals surface area contributed by atoms with Crippen LogP contribution in [0.2, 0.25) is 0 Å². The van der Waals surface area contributed by atoms with Crippen LogP contribution in [0.1, 0.15) is 24.5 Å². The van der Waals surface area contributed by atoms with Gasteiger partial charge in [0.2, 0.25) is 11.8 Å². The zero-order valence-electron chi connectivity index (χ0n) is 10.8. The van der Waals surface area contributed by atoms with E-state index in [0.29, 0.717) is 18.5 Å². The predicted molar refractivity (Wildman–Crippen MR) is 72.6 cm³/mol. The van der Waals surface area contributed by atoms with E-state index >= 15 is 0 Å². The van der Waals surface area contributed by atoms with Crippen molar-refractivity contribution in [2.24, 2.45) is 5.73 Å². The first kappa shape index (κ1) is 14.7. The molecule has 102 valence electrons. The van der Waals surface area contributed by atoms with Crippen molar-refractivity contribution in [3.8, 4) is 0 Å². The summed E-state index contributed by atoms with van der Waals surface area (Å²) in [4.78, 5) is 22.4. The number of nitrogen functional groups attached to an aromatic ring is 1. The molecule has 0 unspecified atom stereocenters. The molecule has 19 heavy (non-hydrogen) atoms. The van der Waals surface area contributed by atoms with E-state index in [4.69, 9.17) is 11.1 Å². The monoisotopic (exact) mass is 262 g/mol. The number of carbonyl (C=O) groups is 2. The maximum Gasteiger partial charge on any atom is 0.239 e. The standard InChI is InChI=1S/C13H18N4O2/c1-2-11(18)17-8-12(19)16-7-9-3-5-10(6-4-9)13(14)15/h3-6H,2,7-8H2,1H3,(H3,14,15)(H,16,19)(H,17,18). The van der Waals surface area contributed by atoms with Gasteiger partial charge in [0.15, 0.2) is 0 Å². The van der Waals surface area contributed by atoms with Crippen LogP contribution in [0.25, 0.3) is 0 Å². The lowest BCUT2D eigenvalue weighted by Crippen LogP contribution is -2.36. The molecule has 0 bridgehead atoms. The summed E-state index contributed by atoms with van der Waals surface area (Å²) in [5, 5.41) is 12.4. The second-order valence-corrected chi connectivity index (χ2v) is 4.02. The summed E-state index contributed by atoms with van der Waals surface area (Å²) in [7, 11) is 0. The Balaban J connectivity index is 2.37. The van der Waals surface area contributed by atoms with Crippen molar-refractivity contribution in [3.63, 3.8) is 0 Å². The van der Waals surface area contributed by atoms with Crippen molar-refractivity contribution in [3.05, 3.63) is 35.4 Å². The third kappa shape index (κ3) is 5.20. The maximum absolute atomic E-state index is 11.4. The molecule has 6 nitrogen and oxygen atoms in total. The predicted octanol–water partition coefficient (Wildman–Crippen LogP) is 0.113. The molecule has 0 saturated heterocycles. The number of rotatable bonds is 6. The molecule has 0 aromatic heterocycles. The van der Waals surface area contributed by atoms with Gasteiger partial charge in [0.1, 0.15) is 5.84 Å². The van der Waals surface area contributed by atoms with Crippen molar-refractivity contribution >= 4 is 17.6 Å². The zero-order chi connectivity index (χ0) is 14.3. The molecule has 0 saturated carbocycles. The summed E-state index contributed by atoms with van der Waals surface area (Å²) in [5.74, 6) is -0.378. The number of hydrogen-bond donors (Lipinski definition) is 4. The summed E-state index contributed by atoms with van der Waals surface area (Å²) in [5.41, 5.74) is 6.89. The Morgan fingerprint density at radius 1 is 1.16 bits per heavy atom. The van der Waals surface area contributed by atoms with Crippen LogP contribution in [0.4, 0.5) is 0 Å². The van der Waals surface area contributed by atoms with Gasteiger partial charge in [-0.2, -0.15) is 0 Å². The zero-order valence-corrected chi connectivity index (χ0v) is 10.8. The van der Waals surface area contributed by atoms with E-state index in [-0.39, 0.29) is 24.2 Å². The molecular weight excluding hydrogens is 244 g/mol. The molecule has 1 rings (SSSR count). The van der Waals surface area contributed by atoms with E-state index in [9.17, 15) is 9.59 Å². The van der Waals surface area contributed by atoms with Gasteiger partial charge in [0.25, 0.3) is 0 Å². The Morgan fingerprint density at radius 3 is 2.32 bits per heavy atom. The van der Waals surface area contributed by atoms with Gasteiger partial charge >= 0.3 is 0 Å². The van der Waals surface area contributed by atoms with E-state index in [1.165, 1.54) is 0 Å². The third-order valence-electron chi connectivity index (χ3n) is 2.52. The first-order valence-electron chi connectivity index (χ1n) is 5.99. The molecule has 0 spiro atoms. The van der Waals surface area contributed by atoms with E-state index in [1.54, 1.807) is 31.2 Å². The van der Waals surface area contributed by atoms with Crippen LogP contribution in [0, 0.1) is 5.41 Å². The molecule has 2 amide bonds. The first-order chi connectivity index (χ1) is 9.02. The van der Waals surface area contributed by atoms with Crippen LogP contribution in [0.5, 0.6) is 0 Å². The minimum atomic E-state index is -0.238. The second kappa shape index (κ2) is 7.15. The van der Waals surface area contributed by atoms with E-state index in [2.05, 4.69) is 10.6 Å². The summed E-state index contributed by atoms with van der Waals surface area (Å²) in [6, 6.07) is 7.04. The molecule has 0 heterocycles. The van der Waals surface area contributed by atoms with Crippen LogP contribution < -0.4 is 16.4 Å². The fourth-order valence-corrected chi connectivity index (χ4v) is 1.37. The van der Waals surface area contributed by atoms with Crippen LogP contribution in [-0.2, 0) is 16.1 Å². The Bertz CT molecular complexity index is 468. The normalized spacial score (nSPS) is 9.74. The number of amides is 2. The number of benzene rings is 1. The minimum Gasteiger partial charge on any atom is -0.384 e. The summed E-state index contributed by atoms with van der Waals surface area (Å²) in [6.07, 6.45) is 0.361. The molecular formula is C13H18N4O2. The summed E-state index contributed by atoms with van der Waals surface area (Å²) < 4.78 is 0. The van der Waals surface area contributed by atoms with Gasteiger partial charge in [-0.1, -0.05) is 31.2 Å². The largest absolute Gasteiger partial charge is 0.384 e. The van der Waals surface area contributed by atoms with Gasteiger partial charge < -0.3 is 16.4 Å². The maximum atomic E-state index is 11.4. The lowest BCUT2D eigenvalue weighted by Gasteiger charge is -2.07. The van der Waals surface area contributed by atoms with Gasteiger partial charge in [-0.05, 0) is 5.56 Å². The smallest absolute Gasteiger partial charge is 0.239 e. The van der Waals surface area contributed by atoms with Crippen LogP contribution in [0.3, 0.4) is 0 Å². The molecule has 0 radical (unpaired) electrons. The van der Waals surface area contributed by atoms with Gasteiger partial charge in [-0.3, -0.25) is 15.0 Å². The van der Waals surface area contributed by atoms with Crippen LogP contribution in [-0.4, -0.2) is 24.2 Å². The highest BCUT2D eigenvalue weighted by atomic mass is 16.2. The molecule has 6 heteroatoms. The fraction of sp³-hybridized carbons (Fsp3) is 0.308. The lowest BCUT2D eigenvalue weighted by molar-refractivity contribution is -0.126. The van der Waals surface area contributed by atoms with Crippen LogP contribution in [0.15, 0.2) is 24.3 Å². The number of amidine groups is 1. The number of nitrogens with two attached hydrogens (primary N) is 1. The molecule has 0 aliphatic rings. The SMILES string of the molecule is CCC(=O)NCC(=O)NCc1ccc(C(=N)N)cc1. The summed E-state index contributed by atoms with van der Waals surface area (Å²) >= 11 is 0. The first-order valence-corrected chi connectivity index (χ1v) is 5.99. The Hall–Kier alpha value is -2.37. The van der Waals surface area contributed by atoms with Crippen LogP contribution >= 0.6 is 0 Å². The molecule has 0 aliphatic heterocycles. The molecule has 0 aliphatic carbocycles. The van der Waals surface area contributed by atoms with Crippen molar-refractivity contribution < 1.29 is 9.59 Å².